The van der Waals surface area contributed by atoms with Crippen LogP contribution in [0.4, 0.5) is 0 Å². The van der Waals surface area contributed by atoms with Crippen LogP contribution in [0.5, 0.6) is 0 Å². The molecule has 24 heavy (non-hydrogen) atoms. The Balaban J connectivity index is 0. The first kappa shape index (κ1) is 25.6. The Bertz CT molecular complexity index is 274. The molecule has 0 aliphatic rings. The van der Waals surface area contributed by atoms with Crippen molar-refractivity contribution in [3.8, 4) is 0 Å². The molecule has 0 saturated heterocycles. The number of rotatable bonds is 15. The van der Waals surface area contributed by atoms with Crippen LogP contribution in [0.2, 0.25) is 0 Å². The lowest BCUT2D eigenvalue weighted by Gasteiger charge is -2.26. The van der Waals surface area contributed by atoms with Crippen molar-refractivity contribution in [2.24, 2.45) is 5.73 Å². The summed E-state index contributed by atoms with van der Waals surface area (Å²) in [6.07, 6.45) is 12.9. The van der Waals surface area contributed by atoms with E-state index in [1.165, 1.54) is 44.9 Å². The number of unbranched alkanes of at least 4 members (excludes halogenated alkanes) is 8. The third kappa shape index (κ3) is 19.4. The summed E-state index contributed by atoms with van der Waals surface area (Å²) in [4.78, 5) is 9.76. The Morgan fingerprint density at radius 2 is 1.42 bits per heavy atom. The van der Waals surface area contributed by atoms with Gasteiger partial charge in [-0.2, -0.15) is 0 Å². The van der Waals surface area contributed by atoms with Crippen LogP contribution in [0.25, 0.3) is 0 Å². The number of aliphatic hydroxyl groups is 1. The van der Waals surface area contributed by atoms with Crippen LogP contribution in [0.3, 0.4) is 0 Å². The molecule has 1 unspecified atom stereocenters. The van der Waals surface area contributed by atoms with Crippen molar-refractivity contribution in [2.75, 3.05) is 13.2 Å². The molecular formula is C19H41NO4. The Hall–Kier alpha value is -0.650. The molecule has 1 atom stereocenters. The fourth-order valence-corrected chi connectivity index (χ4v) is 2.36. The van der Waals surface area contributed by atoms with Gasteiger partial charge >= 0.3 is 5.97 Å². The average molecular weight is 348 g/mol. The minimum absolute atomic E-state index is 0.192. The Morgan fingerprint density at radius 1 is 0.917 bits per heavy atom. The van der Waals surface area contributed by atoms with E-state index in [2.05, 4.69) is 6.92 Å². The van der Waals surface area contributed by atoms with E-state index in [1.54, 1.807) is 0 Å². The first-order valence-electron chi connectivity index (χ1n) is 9.73. The Kier molecular flexibility index (Phi) is 19.9. The highest BCUT2D eigenvalue weighted by Crippen LogP contribution is 2.17. The normalized spacial score (nSPS) is 13.0. The van der Waals surface area contributed by atoms with Gasteiger partial charge in [0.25, 0.3) is 0 Å². The summed E-state index contributed by atoms with van der Waals surface area (Å²) < 4.78 is 5.27. The van der Waals surface area contributed by atoms with Gasteiger partial charge in [-0.15, -0.1) is 0 Å². The monoisotopic (exact) mass is 347 g/mol. The largest absolute Gasteiger partial charge is 0.481 e. The van der Waals surface area contributed by atoms with E-state index < -0.39 is 11.8 Å². The van der Waals surface area contributed by atoms with Crippen LogP contribution in [-0.2, 0) is 9.53 Å². The molecule has 0 saturated carbocycles. The number of carboxylic acid groups (broad SMARTS) is 1. The van der Waals surface area contributed by atoms with Crippen molar-refractivity contribution in [3.63, 3.8) is 0 Å². The van der Waals surface area contributed by atoms with Gasteiger partial charge in [0.15, 0.2) is 5.79 Å². The Labute approximate surface area is 149 Å². The first-order valence-corrected chi connectivity index (χ1v) is 9.73. The minimum Gasteiger partial charge on any atom is -0.481 e. The lowest BCUT2D eigenvalue weighted by Crippen LogP contribution is -2.40. The minimum atomic E-state index is -1.09. The van der Waals surface area contributed by atoms with Gasteiger partial charge in [0.05, 0.1) is 0 Å². The van der Waals surface area contributed by atoms with Crippen LogP contribution >= 0.6 is 0 Å². The van der Waals surface area contributed by atoms with Crippen LogP contribution in [-0.4, -0.2) is 35.1 Å². The van der Waals surface area contributed by atoms with E-state index >= 15 is 0 Å². The van der Waals surface area contributed by atoms with Crippen molar-refractivity contribution in [1.82, 2.24) is 0 Å². The molecule has 0 bridgehead atoms. The zero-order chi connectivity index (χ0) is 18.7. The molecule has 0 amide bonds. The van der Waals surface area contributed by atoms with Gasteiger partial charge < -0.3 is 20.7 Å². The highest BCUT2D eigenvalue weighted by molar-refractivity contribution is 5.66. The molecule has 0 aromatic carbocycles. The van der Waals surface area contributed by atoms with Crippen molar-refractivity contribution in [1.29, 1.82) is 0 Å². The van der Waals surface area contributed by atoms with E-state index in [0.717, 1.165) is 19.3 Å². The number of nitrogens with two attached hydrogens (primary N) is 1. The molecule has 146 valence electrons. The van der Waals surface area contributed by atoms with Crippen LogP contribution < -0.4 is 5.73 Å². The quantitative estimate of drug-likeness (QED) is 0.300. The average Bonchev–Trinajstić information content (AvgIpc) is 2.56. The van der Waals surface area contributed by atoms with Crippen LogP contribution in [0.1, 0.15) is 97.8 Å². The second-order valence-electron chi connectivity index (χ2n) is 6.31. The highest BCUT2D eigenvalue weighted by atomic mass is 16.6. The van der Waals surface area contributed by atoms with Crippen molar-refractivity contribution in [3.05, 3.63) is 0 Å². The Morgan fingerprint density at radius 3 is 1.79 bits per heavy atom. The van der Waals surface area contributed by atoms with Gasteiger partial charge in [-0.25, -0.2) is 0 Å². The van der Waals surface area contributed by atoms with E-state index in [0.29, 0.717) is 19.4 Å². The maximum atomic E-state index is 9.95. The third-order valence-corrected chi connectivity index (χ3v) is 3.90. The van der Waals surface area contributed by atoms with Gasteiger partial charge in [0, 0.05) is 26.0 Å². The smallest absolute Gasteiger partial charge is 0.303 e. The number of hydrogen-bond acceptors (Lipinski definition) is 4. The molecule has 4 N–H and O–H groups in total. The van der Waals surface area contributed by atoms with Crippen molar-refractivity contribution < 1.29 is 19.7 Å². The highest BCUT2D eigenvalue weighted by Gasteiger charge is 2.24. The van der Waals surface area contributed by atoms with E-state index in [4.69, 9.17) is 15.6 Å². The fourth-order valence-electron chi connectivity index (χ4n) is 2.36. The van der Waals surface area contributed by atoms with Gasteiger partial charge in [0.2, 0.25) is 0 Å². The van der Waals surface area contributed by atoms with E-state index in [9.17, 15) is 9.90 Å². The molecule has 0 heterocycles. The summed E-state index contributed by atoms with van der Waals surface area (Å²) in [5.74, 6) is -1.78. The second-order valence-corrected chi connectivity index (χ2v) is 6.31. The molecule has 0 aromatic heterocycles. The number of hydrogen-bond donors (Lipinski definition) is 3. The maximum Gasteiger partial charge on any atom is 0.303 e. The number of aliphatic carboxylic acids is 1. The zero-order valence-electron chi connectivity index (χ0n) is 16.2. The topological polar surface area (TPSA) is 92.8 Å². The summed E-state index contributed by atoms with van der Waals surface area (Å²) in [7, 11) is 0. The van der Waals surface area contributed by atoms with Gasteiger partial charge in [-0.05, 0) is 19.8 Å². The predicted octanol–water partition coefficient (Wildman–Crippen LogP) is 4.46. The lowest BCUT2D eigenvalue weighted by molar-refractivity contribution is -0.197. The fraction of sp³-hybridized carbons (Fsp3) is 0.947. The van der Waals surface area contributed by atoms with Gasteiger partial charge in [-0.1, -0.05) is 65.2 Å². The van der Waals surface area contributed by atoms with Gasteiger partial charge in [-0.3, -0.25) is 4.79 Å². The molecular weight excluding hydrogens is 306 g/mol. The zero-order valence-corrected chi connectivity index (χ0v) is 16.2. The standard InChI is InChI=1S/C14H31NO2.C5H10O2/c1-3-5-6-7-8-9-10-11-12-14(16,13-15)17-4-2;1-2-3-4-5(6)7/h16H,3-13,15H2,1-2H3;2-4H2,1H3,(H,6,7). The summed E-state index contributed by atoms with van der Waals surface area (Å²) in [5, 5.41) is 18.0. The second kappa shape index (κ2) is 18.7. The molecule has 0 aliphatic carbocycles. The molecule has 0 fully saturated rings. The molecule has 0 aliphatic heterocycles. The van der Waals surface area contributed by atoms with Crippen LogP contribution in [0.15, 0.2) is 0 Å². The number of ether oxygens (including phenoxy) is 1. The van der Waals surface area contributed by atoms with Gasteiger partial charge in [0.1, 0.15) is 0 Å². The summed E-state index contributed by atoms with van der Waals surface area (Å²) in [6, 6.07) is 0. The molecule has 5 heteroatoms. The first-order chi connectivity index (χ1) is 11.5. The summed E-state index contributed by atoms with van der Waals surface area (Å²) in [6.45, 7) is 6.81. The maximum absolute atomic E-state index is 9.95. The van der Waals surface area contributed by atoms with E-state index in [-0.39, 0.29) is 6.54 Å². The van der Waals surface area contributed by atoms with Crippen LogP contribution in [0, 0.1) is 0 Å². The SMILES string of the molecule is CCCCC(=O)O.CCCCCCCCCCC(O)(CN)OCC. The van der Waals surface area contributed by atoms with Crippen molar-refractivity contribution in [2.45, 2.75) is 104 Å². The molecule has 0 spiro atoms. The lowest BCUT2D eigenvalue weighted by atomic mass is 10.0. The molecule has 0 rings (SSSR count). The van der Waals surface area contributed by atoms with E-state index in [1.807, 2.05) is 13.8 Å². The summed E-state index contributed by atoms with van der Waals surface area (Å²) in [5.41, 5.74) is 5.51. The number of carbonyl (C=O) groups is 1. The third-order valence-electron chi connectivity index (χ3n) is 3.90. The molecule has 5 nitrogen and oxygen atoms in total. The number of carboxylic acids is 1. The summed E-state index contributed by atoms with van der Waals surface area (Å²) >= 11 is 0. The molecule has 0 aromatic rings. The molecule has 0 radical (unpaired) electrons. The van der Waals surface area contributed by atoms with Crippen molar-refractivity contribution >= 4 is 5.97 Å². The predicted molar refractivity (Wildman–Crippen MR) is 100 cm³/mol.